The highest BCUT2D eigenvalue weighted by molar-refractivity contribution is 6.01. The first kappa shape index (κ1) is 15.1. The summed E-state index contributed by atoms with van der Waals surface area (Å²) in [5.41, 5.74) is 4.52. The van der Waals surface area contributed by atoms with Gasteiger partial charge in [-0.2, -0.15) is 10.2 Å². The fourth-order valence-electron chi connectivity index (χ4n) is 3.11. The first-order chi connectivity index (χ1) is 12.1. The van der Waals surface area contributed by atoms with Gasteiger partial charge in [-0.1, -0.05) is 13.2 Å². The third kappa shape index (κ3) is 2.30. The smallest absolute Gasteiger partial charge is 0.152 e. The molecule has 0 saturated heterocycles. The van der Waals surface area contributed by atoms with Crippen LogP contribution in [0.1, 0.15) is 11.3 Å². The highest BCUT2D eigenvalue weighted by atomic mass is 19.1. The Morgan fingerprint density at radius 1 is 1.28 bits per heavy atom. The molecule has 3 heterocycles. The normalized spacial score (nSPS) is 11.1. The number of aromatic amines is 1. The van der Waals surface area contributed by atoms with Crippen LogP contribution in [0.15, 0.2) is 49.8 Å². The van der Waals surface area contributed by atoms with Crippen LogP contribution in [0.2, 0.25) is 0 Å². The van der Waals surface area contributed by atoms with Gasteiger partial charge in [-0.15, -0.1) is 0 Å². The highest BCUT2D eigenvalue weighted by Gasteiger charge is 2.17. The predicted octanol–water partition coefficient (Wildman–Crippen LogP) is 4.52. The van der Waals surface area contributed by atoms with Crippen molar-refractivity contribution in [3.05, 3.63) is 66.9 Å². The number of nitrogens with zero attached hydrogens (tertiary/aromatic N) is 3. The van der Waals surface area contributed by atoms with Crippen LogP contribution in [-0.4, -0.2) is 19.8 Å². The maximum Gasteiger partial charge on any atom is 0.152 e. The third-order valence-electron chi connectivity index (χ3n) is 4.27. The number of rotatable bonds is 4. The van der Waals surface area contributed by atoms with E-state index in [1.807, 2.05) is 24.4 Å². The van der Waals surface area contributed by atoms with Gasteiger partial charge in [0.25, 0.3) is 0 Å². The molecule has 0 amide bonds. The van der Waals surface area contributed by atoms with Gasteiger partial charge in [0, 0.05) is 17.6 Å². The average molecular weight is 333 g/mol. The minimum atomic E-state index is -0.274. The first-order valence-electron chi connectivity index (χ1n) is 7.79. The van der Waals surface area contributed by atoms with Gasteiger partial charge in [0.2, 0.25) is 0 Å². The number of anilines is 1. The van der Waals surface area contributed by atoms with Crippen molar-refractivity contribution >= 4 is 28.3 Å². The largest absolute Gasteiger partial charge is 0.346 e. The highest BCUT2D eigenvalue weighted by Crippen LogP contribution is 2.35. The van der Waals surface area contributed by atoms with Gasteiger partial charge in [-0.3, -0.25) is 5.10 Å². The summed E-state index contributed by atoms with van der Waals surface area (Å²) in [6.45, 7) is 9.22. The Labute approximate surface area is 143 Å². The van der Waals surface area contributed by atoms with Gasteiger partial charge in [-0.05, 0) is 54.1 Å². The molecule has 0 aliphatic rings. The summed E-state index contributed by atoms with van der Waals surface area (Å²) in [7, 11) is 0. The van der Waals surface area contributed by atoms with E-state index in [0.717, 1.165) is 22.0 Å². The van der Waals surface area contributed by atoms with E-state index >= 15 is 0 Å². The molecule has 0 aliphatic carbocycles. The lowest BCUT2D eigenvalue weighted by atomic mass is 9.95. The number of H-pyrrole nitrogens is 1. The second-order valence-electron chi connectivity index (χ2n) is 5.76. The fourth-order valence-corrected chi connectivity index (χ4v) is 3.11. The zero-order valence-electron chi connectivity index (χ0n) is 13.7. The molecule has 1 aromatic carbocycles. The van der Waals surface area contributed by atoms with Crippen LogP contribution in [-0.2, 0) is 0 Å². The zero-order chi connectivity index (χ0) is 17.6. The van der Waals surface area contributed by atoms with Crippen molar-refractivity contribution in [2.45, 2.75) is 6.92 Å². The lowest BCUT2D eigenvalue weighted by Crippen LogP contribution is -1.93. The summed E-state index contributed by atoms with van der Waals surface area (Å²) in [6.07, 6.45) is 5.09. The van der Waals surface area contributed by atoms with Gasteiger partial charge in [0.05, 0.1) is 16.7 Å². The summed E-state index contributed by atoms with van der Waals surface area (Å²) < 4.78 is 16.2. The van der Waals surface area contributed by atoms with Crippen molar-refractivity contribution in [3.63, 3.8) is 0 Å². The van der Waals surface area contributed by atoms with E-state index in [1.54, 1.807) is 23.7 Å². The van der Waals surface area contributed by atoms with E-state index in [2.05, 4.69) is 33.8 Å². The molecule has 0 atom stereocenters. The number of halogens is 1. The second-order valence-corrected chi connectivity index (χ2v) is 5.76. The van der Waals surface area contributed by atoms with Crippen molar-refractivity contribution in [2.75, 3.05) is 5.32 Å². The van der Waals surface area contributed by atoms with E-state index < -0.39 is 0 Å². The third-order valence-corrected chi connectivity index (χ3v) is 4.27. The molecule has 0 fully saturated rings. The predicted molar refractivity (Wildman–Crippen MR) is 98.9 cm³/mol. The zero-order valence-corrected chi connectivity index (χ0v) is 13.7. The fraction of sp³-hybridized carbons (Fsp3) is 0.0526. The molecule has 0 unspecified atom stereocenters. The molecule has 6 heteroatoms. The molecule has 2 N–H and O–H groups in total. The van der Waals surface area contributed by atoms with Crippen LogP contribution in [0.25, 0.3) is 33.6 Å². The molecule has 5 nitrogen and oxygen atoms in total. The van der Waals surface area contributed by atoms with Gasteiger partial charge in [0.15, 0.2) is 5.82 Å². The van der Waals surface area contributed by atoms with Crippen LogP contribution in [0, 0.1) is 12.7 Å². The Kier molecular flexibility index (Phi) is 3.39. The Morgan fingerprint density at radius 3 is 2.88 bits per heavy atom. The van der Waals surface area contributed by atoms with Gasteiger partial charge < -0.3 is 5.32 Å². The molecule has 4 aromatic rings. The SMILES string of the molecule is C=CNc1cc2cc(-c3c(C)c(F)cc4[nH]nc(C=C)c34)ccn2n1. The summed E-state index contributed by atoms with van der Waals surface area (Å²) in [4.78, 5) is 0. The second kappa shape index (κ2) is 5.59. The molecule has 25 heavy (non-hydrogen) atoms. The van der Waals surface area contributed by atoms with E-state index in [1.165, 1.54) is 6.07 Å². The van der Waals surface area contributed by atoms with E-state index in [4.69, 9.17) is 0 Å². The minimum Gasteiger partial charge on any atom is -0.346 e. The van der Waals surface area contributed by atoms with Crippen LogP contribution in [0.5, 0.6) is 0 Å². The van der Waals surface area contributed by atoms with E-state index in [0.29, 0.717) is 22.6 Å². The first-order valence-corrected chi connectivity index (χ1v) is 7.79. The quantitative estimate of drug-likeness (QED) is 0.577. The lowest BCUT2D eigenvalue weighted by Gasteiger charge is -2.10. The molecule has 124 valence electrons. The summed E-state index contributed by atoms with van der Waals surface area (Å²) in [6, 6.07) is 7.26. The van der Waals surface area contributed by atoms with Crippen molar-refractivity contribution in [3.8, 4) is 11.1 Å². The van der Waals surface area contributed by atoms with Crippen LogP contribution >= 0.6 is 0 Å². The van der Waals surface area contributed by atoms with Crippen molar-refractivity contribution in [1.82, 2.24) is 19.8 Å². The summed E-state index contributed by atoms with van der Waals surface area (Å²) in [5.74, 6) is 0.424. The van der Waals surface area contributed by atoms with Gasteiger partial charge >= 0.3 is 0 Å². The number of aromatic nitrogens is 4. The minimum absolute atomic E-state index is 0.274. The lowest BCUT2D eigenvalue weighted by molar-refractivity contribution is 0.621. The Balaban J connectivity index is 2.01. The Morgan fingerprint density at radius 2 is 2.12 bits per heavy atom. The summed E-state index contributed by atoms with van der Waals surface area (Å²) in [5, 5.41) is 15.3. The topological polar surface area (TPSA) is 58.0 Å². The number of hydrogen-bond donors (Lipinski definition) is 2. The monoisotopic (exact) mass is 333 g/mol. The number of fused-ring (bicyclic) bond motifs is 2. The van der Waals surface area contributed by atoms with Gasteiger partial charge in [0.1, 0.15) is 5.82 Å². The molecule has 0 bridgehead atoms. The molecular formula is C19H16FN5. The van der Waals surface area contributed by atoms with Crippen molar-refractivity contribution in [1.29, 1.82) is 0 Å². The maximum atomic E-state index is 14.4. The molecule has 0 spiro atoms. The molecule has 4 rings (SSSR count). The average Bonchev–Trinajstić information content (AvgIpc) is 3.18. The molecular weight excluding hydrogens is 317 g/mol. The van der Waals surface area contributed by atoms with Crippen LogP contribution in [0.4, 0.5) is 10.2 Å². The van der Waals surface area contributed by atoms with Crippen LogP contribution < -0.4 is 5.32 Å². The number of benzene rings is 1. The number of pyridine rings is 1. The van der Waals surface area contributed by atoms with Crippen molar-refractivity contribution in [2.24, 2.45) is 0 Å². The molecule has 0 aliphatic heterocycles. The standard InChI is InChI=1S/C19H16FN5/c1-4-15-19-16(23-22-15)10-14(20)11(3)18(19)12-6-7-25-13(8-12)9-17(24-25)21-5-2/h4-10H,1-2H2,3H3,(H,21,24)(H,22,23). The molecule has 3 aromatic heterocycles. The Bertz CT molecular complexity index is 1140. The summed E-state index contributed by atoms with van der Waals surface area (Å²) >= 11 is 0. The van der Waals surface area contributed by atoms with Gasteiger partial charge in [-0.25, -0.2) is 8.91 Å². The Hall–Kier alpha value is -3.41. The van der Waals surface area contributed by atoms with Crippen molar-refractivity contribution < 1.29 is 4.39 Å². The number of nitrogens with one attached hydrogen (secondary N) is 2. The van der Waals surface area contributed by atoms with E-state index in [-0.39, 0.29) is 5.82 Å². The number of hydrogen-bond acceptors (Lipinski definition) is 3. The molecule has 0 radical (unpaired) electrons. The van der Waals surface area contributed by atoms with E-state index in [9.17, 15) is 4.39 Å². The molecule has 0 saturated carbocycles. The maximum absolute atomic E-state index is 14.4. The van der Waals surface area contributed by atoms with Crippen LogP contribution in [0.3, 0.4) is 0 Å².